The zero-order valence-corrected chi connectivity index (χ0v) is 14.5. The summed E-state index contributed by atoms with van der Waals surface area (Å²) in [6.07, 6.45) is 2.45. The third-order valence-corrected chi connectivity index (χ3v) is 5.19. The number of piperidine rings is 2. The van der Waals surface area contributed by atoms with Gasteiger partial charge in [0, 0.05) is 39.9 Å². The van der Waals surface area contributed by atoms with Crippen LogP contribution in [-0.4, -0.2) is 67.8 Å². The Kier molecular flexibility index (Phi) is 4.49. The number of hydrogen-bond donors (Lipinski definition) is 1. The fourth-order valence-electron chi connectivity index (χ4n) is 3.82. The van der Waals surface area contributed by atoms with Crippen LogP contribution in [0.25, 0.3) is 0 Å². The lowest BCUT2D eigenvalue weighted by atomic mass is 9.71. The molecule has 2 aliphatic rings. The number of likely N-dealkylation sites (N-methyl/N-ethyl adjacent to an activating group) is 1. The van der Waals surface area contributed by atoms with Gasteiger partial charge in [0.05, 0.1) is 18.6 Å². The molecule has 1 aromatic heterocycles. The first-order valence-electron chi connectivity index (χ1n) is 8.19. The van der Waals surface area contributed by atoms with Gasteiger partial charge in [0.25, 0.3) is 0 Å². The van der Waals surface area contributed by atoms with Crippen LogP contribution in [0.2, 0.25) is 0 Å². The Labute approximate surface area is 141 Å². The molecule has 2 fully saturated rings. The number of methoxy groups -OCH3 is 2. The van der Waals surface area contributed by atoms with Gasteiger partial charge in [-0.1, -0.05) is 0 Å². The fourth-order valence-corrected chi connectivity index (χ4v) is 3.82. The molecule has 0 radical (unpaired) electrons. The zero-order chi connectivity index (χ0) is 17.3. The Bertz CT molecular complexity index is 616. The standard InChI is InChI=1S/C16H25N5O3/c1-20-10-11(23-2)9-16(14(20)22)4-6-21(7-5-16)12-8-13(24-3)19-15(17)18-12/h8,11H,4-7,9-10H2,1-3H3,(H2,17,18,19). The zero-order valence-electron chi connectivity index (χ0n) is 14.5. The van der Waals surface area contributed by atoms with Crippen LogP contribution < -0.4 is 15.4 Å². The van der Waals surface area contributed by atoms with Gasteiger partial charge >= 0.3 is 0 Å². The lowest BCUT2D eigenvalue weighted by Gasteiger charge is -2.47. The predicted octanol–water partition coefficient (Wildman–Crippen LogP) is 0.531. The summed E-state index contributed by atoms with van der Waals surface area (Å²) in [5.41, 5.74) is 5.42. The van der Waals surface area contributed by atoms with Crippen molar-refractivity contribution in [3.63, 3.8) is 0 Å². The van der Waals surface area contributed by atoms with E-state index >= 15 is 0 Å². The van der Waals surface area contributed by atoms with Crippen LogP contribution in [0.1, 0.15) is 19.3 Å². The van der Waals surface area contributed by atoms with E-state index in [1.165, 1.54) is 0 Å². The van der Waals surface area contributed by atoms with Crippen LogP contribution in [0.4, 0.5) is 11.8 Å². The third-order valence-electron chi connectivity index (χ3n) is 5.19. The van der Waals surface area contributed by atoms with E-state index in [2.05, 4.69) is 14.9 Å². The van der Waals surface area contributed by atoms with Gasteiger partial charge in [0.1, 0.15) is 5.82 Å². The first-order valence-corrected chi connectivity index (χ1v) is 8.19. The van der Waals surface area contributed by atoms with Crippen LogP contribution in [-0.2, 0) is 9.53 Å². The minimum Gasteiger partial charge on any atom is -0.481 e. The number of aromatic nitrogens is 2. The van der Waals surface area contributed by atoms with Crippen LogP contribution in [0.5, 0.6) is 5.88 Å². The van der Waals surface area contributed by atoms with Crippen molar-refractivity contribution in [2.24, 2.45) is 5.41 Å². The van der Waals surface area contributed by atoms with Gasteiger partial charge in [-0.3, -0.25) is 4.79 Å². The number of carbonyl (C=O) groups excluding carboxylic acids is 1. The number of ether oxygens (including phenoxy) is 2. The number of nitrogen functional groups attached to an aromatic ring is 1. The molecule has 8 nitrogen and oxygen atoms in total. The lowest BCUT2D eigenvalue weighted by Crippen LogP contribution is -2.56. The smallest absolute Gasteiger partial charge is 0.228 e. The largest absolute Gasteiger partial charge is 0.481 e. The summed E-state index contributed by atoms with van der Waals surface area (Å²) in [5, 5.41) is 0. The maximum atomic E-state index is 12.7. The van der Waals surface area contributed by atoms with E-state index in [1.807, 2.05) is 7.05 Å². The maximum absolute atomic E-state index is 12.7. The number of amides is 1. The maximum Gasteiger partial charge on any atom is 0.228 e. The third kappa shape index (κ3) is 2.98. The van der Waals surface area contributed by atoms with Crippen LogP contribution in [0, 0.1) is 5.41 Å². The monoisotopic (exact) mass is 335 g/mol. The molecule has 24 heavy (non-hydrogen) atoms. The molecule has 1 atom stereocenters. The van der Waals surface area contributed by atoms with E-state index in [-0.39, 0.29) is 23.4 Å². The summed E-state index contributed by atoms with van der Waals surface area (Å²) >= 11 is 0. The molecular weight excluding hydrogens is 310 g/mol. The van der Waals surface area contributed by atoms with Gasteiger partial charge in [-0.15, -0.1) is 0 Å². The molecule has 0 bridgehead atoms. The Morgan fingerprint density at radius 3 is 2.62 bits per heavy atom. The molecule has 0 saturated carbocycles. The molecule has 0 aromatic carbocycles. The molecule has 132 valence electrons. The molecule has 1 unspecified atom stereocenters. The number of nitrogens with zero attached hydrogens (tertiary/aromatic N) is 4. The van der Waals surface area contributed by atoms with Gasteiger partial charge < -0.3 is 25.0 Å². The highest BCUT2D eigenvalue weighted by Gasteiger charge is 2.48. The van der Waals surface area contributed by atoms with Gasteiger partial charge in [-0.2, -0.15) is 9.97 Å². The normalized spacial score (nSPS) is 23.6. The van der Waals surface area contributed by atoms with Crippen LogP contribution >= 0.6 is 0 Å². The summed E-state index contributed by atoms with van der Waals surface area (Å²) in [4.78, 5) is 25.0. The van der Waals surface area contributed by atoms with Crippen molar-refractivity contribution in [2.45, 2.75) is 25.4 Å². The van der Waals surface area contributed by atoms with E-state index in [0.717, 1.165) is 38.2 Å². The van der Waals surface area contributed by atoms with E-state index in [4.69, 9.17) is 15.2 Å². The van der Waals surface area contributed by atoms with Crippen molar-refractivity contribution in [2.75, 3.05) is 51.5 Å². The Morgan fingerprint density at radius 2 is 2.00 bits per heavy atom. The lowest BCUT2D eigenvalue weighted by molar-refractivity contribution is -0.153. The number of nitrogens with two attached hydrogens (primary N) is 1. The highest BCUT2D eigenvalue weighted by Crippen LogP contribution is 2.42. The fraction of sp³-hybridized carbons (Fsp3) is 0.688. The first kappa shape index (κ1) is 16.8. The SMILES string of the molecule is COc1cc(N2CCC3(CC2)CC(OC)CN(C)C3=O)nc(N)n1. The van der Waals surface area contributed by atoms with Gasteiger partial charge in [-0.05, 0) is 19.3 Å². The Hall–Kier alpha value is -2.09. The second kappa shape index (κ2) is 6.43. The van der Waals surface area contributed by atoms with E-state index < -0.39 is 0 Å². The summed E-state index contributed by atoms with van der Waals surface area (Å²) < 4.78 is 10.7. The Balaban J connectivity index is 1.75. The van der Waals surface area contributed by atoms with Crippen molar-refractivity contribution in [3.8, 4) is 5.88 Å². The number of likely N-dealkylation sites (tertiary alicyclic amines) is 1. The average Bonchev–Trinajstić information content (AvgIpc) is 2.59. The summed E-state index contributed by atoms with van der Waals surface area (Å²) in [5.74, 6) is 1.62. The van der Waals surface area contributed by atoms with E-state index in [0.29, 0.717) is 12.4 Å². The van der Waals surface area contributed by atoms with Gasteiger partial charge in [-0.25, -0.2) is 0 Å². The summed E-state index contributed by atoms with van der Waals surface area (Å²) in [6.45, 7) is 2.16. The molecule has 2 saturated heterocycles. The second-order valence-corrected chi connectivity index (χ2v) is 6.64. The van der Waals surface area contributed by atoms with Crippen molar-refractivity contribution in [3.05, 3.63) is 6.07 Å². The molecule has 8 heteroatoms. The van der Waals surface area contributed by atoms with Gasteiger partial charge in [0.15, 0.2) is 0 Å². The minimum atomic E-state index is -0.327. The number of anilines is 2. The summed E-state index contributed by atoms with van der Waals surface area (Å²) in [7, 11) is 5.13. The average molecular weight is 335 g/mol. The quantitative estimate of drug-likeness (QED) is 0.861. The molecule has 3 heterocycles. The number of carbonyl (C=O) groups is 1. The van der Waals surface area contributed by atoms with Gasteiger partial charge in [0.2, 0.25) is 17.7 Å². The molecule has 1 aromatic rings. The van der Waals surface area contributed by atoms with Crippen molar-refractivity contribution >= 4 is 17.7 Å². The minimum absolute atomic E-state index is 0.106. The van der Waals surface area contributed by atoms with Crippen molar-refractivity contribution in [1.29, 1.82) is 0 Å². The molecule has 3 rings (SSSR count). The highest BCUT2D eigenvalue weighted by atomic mass is 16.5. The molecule has 1 spiro atoms. The number of rotatable bonds is 3. The summed E-state index contributed by atoms with van der Waals surface area (Å²) in [6, 6.07) is 1.78. The highest BCUT2D eigenvalue weighted by molar-refractivity contribution is 5.84. The topological polar surface area (TPSA) is 93.8 Å². The van der Waals surface area contributed by atoms with Crippen molar-refractivity contribution < 1.29 is 14.3 Å². The molecule has 0 aliphatic carbocycles. The van der Waals surface area contributed by atoms with Crippen LogP contribution in [0.15, 0.2) is 6.07 Å². The second-order valence-electron chi connectivity index (χ2n) is 6.64. The van der Waals surface area contributed by atoms with E-state index in [1.54, 1.807) is 25.2 Å². The predicted molar refractivity (Wildman–Crippen MR) is 89.9 cm³/mol. The Morgan fingerprint density at radius 1 is 1.29 bits per heavy atom. The molecule has 2 aliphatic heterocycles. The van der Waals surface area contributed by atoms with Crippen LogP contribution in [0.3, 0.4) is 0 Å². The molecular formula is C16H25N5O3. The molecule has 2 N–H and O–H groups in total. The van der Waals surface area contributed by atoms with Crippen molar-refractivity contribution in [1.82, 2.24) is 14.9 Å². The number of hydrogen-bond acceptors (Lipinski definition) is 7. The first-order chi connectivity index (χ1) is 11.5. The van der Waals surface area contributed by atoms with E-state index in [9.17, 15) is 4.79 Å². The molecule has 1 amide bonds.